The molecule has 1 aromatic carbocycles. The van der Waals surface area contributed by atoms with Gasteiger partial charge in [-0.15, -0.1) is 23.1 Å². The van der Waals surface area contributed by atoms with Crippen molar-refractivity contribution in [3.8, 4) is 0 Å². The highest BCUT2D eigenvalue weighted by Gasteiger charge is 2.41. The van der Waals surface area contributed by atoms with Gasteiger partial charge < -0.3 is 48.4 Å². The molecule has 6 atom stereocenters. The molecule has 11 N–H and O–H groups in total. The monoisotopic (exact) mass is 873 g/mol. The fourth-order valence-electron chi connectivity index (χ4n) is 8.76. The molecule has 326 valence electrons. The van der Waals surface area contributed by atoms with E-state index in [0.717, 1.165) is 59.0 Å². The van der Waals surface area contributed by atoms with E-state index < -0.39 is 65.8 Å². The van der Waals surface area contributed by atoms with Gasteiger partial charge in [-0.05, 0) is 66.7 Å². The number of H-pyrrole nitrogens is 1. The second kappa shape index (κ2) is 20.0. The first-order chi connectivity index (χ1) is 29.4. The molecule has 3 aliphatic heterocycles. The maximum absolute atomic E-state index is 14.6. The fourth-order valence-corrected chi connectivity index (χ4v) is 10.8. The number of primary amides is 1. The summed E-state index contributed by atoms with van der Waals surface area (Å²) in [5.41, 5.74) is 19.3. The maximum atomic E-state index is 14.6. The summed E-state index contributed by atoms with van der Waals surface area (Å²) in [6.45, 7) is 0.565. The standard InChI is InChI=1S/C42H55N11O6S2/c43-35(54)29-17-24-18-34(60-21-24)40-52-32(22-61-40)41(59)53-15-7-13-33(53)39(58)51-30(16-23-8-2-1-3-9-23)37(56)50-31(19-25-20-47-27-11-5-4-10-26(25)27)38(57)48-28(36(55)49-29)12-6-14-46-42(44)45/h4-5,10-11,18,20-21,23,28-33,47H,1-3,6-9,12-17,19,22H2,(H2,43,54)(H,48,57)(H,49,55)(H,50,56)(H,51,58)(H4,44,45,46)/t28-,29-,30+,31-,32-,33-/m0/s1. The molecular formula is C42H55N11O6S2. The molecule has 2 fully saturated rings. The number of amides is 6. The minimum Gasteiger partial charge on any atom is -0.370 e. The molecule has 3 aromatic rings. The number of aromatic amines is 1. The number of nitrogens with zero attached hydrogens (tertiary/aromatic N) is 3. The molecule has 61 heavy (non-hydrogen) atoms. The molecular weight excluding hydrogens is 819 g/mol. The molecule has 1 saturated carbocycles. The highest BCUT2D eigenvalue weighted by atomic mass is 32.2. The van der Waals surface area contributed by atoms with Crippen LogP contribution in [-0.4, -0.2) is 111 Å². The quantitative estimate of drug-likeness (QED) is 0.0874. The highest BCUT2D eigenvalue weighted by molar-refractivity contribution is 8.15. The average molecular weight is 874 g/mol. The Hall–Kier alpha value is -5.43. The molecule has 17 nitrogen and oxygen atoms in total. The second-order valence-electron chi connectivity index (χ2n) is 16.4. The first-order valence-electron chi connectivity index (χ1n) is 21.1. The summed E-state index contributed by atoms with van der Waals surface area (Å²) in [6, 6.07) is 3.47. The number of hydrogen-bond donors (Lipinski definition) is 8. The number of thioether (sulfide) groups is 1. The lowest BCUT2D eigenvalue weighted by atomic mass is 9.84. The van der Waals surface area contributed by atoms with Crippen LogP contribution in [0.3, 0.4) is 0 Å². The van der Waals surface area contributed by atoms with Gasteiger partial charge in [-0.25, -0.2) is 0 Å². The van der Waals surface area contributed by atoms with Gasteiger partial charge in [0.05, 0.1) is 4.88 Å². The van der Waals surface area contributed by atoms with Gasteiger partial charge in [-0.3, -0.25) is 38.8 Å². The number of thiophene rings is 1. The number of rotatable bonds is 9. The Morgan fingerprint density at radius 1 is 0.869 bits per heavy atom. The van der Waals surface area contributed by atoms with Crippen molar-refractivity contribution in [2.75, 3.05) is 18.8 Å². The Kier molecular flexibility index (Phi) is 14.3. The van der Waals surface area contributed by atoms with E-state index >= 15 is 0 Å². The minimum absolute atomic E-state index is 0.0469. The van der Waals surface area contributed by atoms with Crippen LogP contribution >= 0.6 is 23.1 Å². The normalized spacial score (nSPS) is 25.9. The van der Waals surface area contributed by atoms with Gasteiger partial charge >= 0.3 is 0 Å². The van der Waals surface area contributed by atoms with E-state index in [1.165, 1.54) is 23.1 Å². The fraction of sp³-hybridized carbons (Fsp3) is 0.524. The van der Waals surface area contributed by atoms with Crippen molar-refractivity contribution >= 4 is 80.4 Å². The molecule has 2 aromatic heterocycles. The Bertz CT molecular complexity index is 2180. The van der Waals surface area contributed by atoms with Crippen molar-refractivity contribution in [3.63, 3.8) is 0 Å². The van der Waals surface area contributed by atoms with Crippen LogP contribution in [0.15, 0.2) is 51.9 Å². The molecule has 1 saturated heterocycles. The zero-order valence-electron chi connectivity index (χ0n) is 34.0. The average Bonchev–Trinajstić information content (AvgIpc) is 4.08. The van der Waals surface area contributed by atoms with Crippen molar-refractivity contribution in [2.24, 2.45) is 33.1 Å². The molecule has 7 rings (SSSR count). The first-order valence-corrected chi connectivity index (χ1v) is 23.0. The Morgan fingerprint density at radius 3 is 2.39 bits per heavy atom. The van der Waals surface area contributed by atoms with Crippen LogP contribution in [0, 0.1) is 5.92 Å². The van der Waals surface area contributed by atoms with E-state index in [4.69, 9.17) is 22.2 Å². The summed E-state index contributed by atoms with van der Waals surface area (Å²) in [6.07, 6.45) is 8.65. The maximum Gasteiger partial charge on any atom is 0.248 e. The Labute approximate surface area is 362 Å². The summed E-state index contributed by atoms with van der Waals surface area (Å²) in [5.74, 6) is -2.83. The van der Waals surface area contributed by atoms with Gasteiger partial charge in [0, 0.05) is 48.8 Å². The lowest BCUT2D eigenvalue weighted by Crippen LogP contribution is -2.59. The Balaban J connectivity index is 1.24. The summed E-state index contributed by atoms with van der Waals surface area (Å²) < 4.78 is 0. The van der Waals surface area contributed by atoms with E-state index in [-0.39, 0.29) is 43.6 Å². The number of hydrogen-bond acceptors (Lipinski definition) is 10. The van der Waals surface area contributed by atoms with Crippen LogP contribution in [0.4, 0.5) is 0 Å². The first kappa shape index (κ1) is 43.7. The molecule has 6 amide bonds. The van der Waals surface area contributed by atoms with Crippen LogP contribution in [0.2, 0.25) is 0 Å². The van der Waals surface area contributed by atoms with Crippen LogP contribution in [0.1, 0.15) is 80.2 Å². The van der Waals surface area contributed by atoms with Crippen molar-refractivity contribution in [1.82, 2.24) is 31.2 Å². The van der Waals surface area contributed by atoms with Crippen LogP contribution in [-0.2, 0) is 41.6 Å². The zero-order chi connectivity index (χ0) is 43.0. The number of guanidine groups is 1. The van der Waals surface area contributed by atoms with E-state index in [2.05, 4.69) is 31.2 Å². The third kappa shape index (κ3) is 10.9. The third-order valence-corrected chi connectivity index (χ3v) is 14.2. The molecule has 4 aliphatic rings. The summed E-state index contributed by atoms with van der Waals surface area (Å²) >= 11 is 2.84. The predicted molar refractivity (Wildman–Crippen MR) is 236 cm³/mol. The number of fused-ring (bicyclic) bond motifs is 6. The number of aliphatic imine (C=N–C) groups is 2. The van der Waals surface area contributed by atoms with Gasteiger partial charge in [0.2, 0.25) is 35.4 Å². The van der Waals surface area contributed by atoms with Crippen molar-refractivity contribution < 1.29 is 28.8 Å². The summed E-state index contributed by atoms with van der Waals surface area (Å²) in [7, 11) is 0. The van der Waals surface area contributed by atoms with Gasteiger partial charge in [-0.1, -0.05) is 50.3 Å². The van der Waals surface area contributed by atoms with E-state index in [1.807, 2.05) is 35.7 Å². The molecule has 4 bridgehead atoms. The number of para-hydroxylation sites is 1. The summed E-state index contributed by atoms with van der Waals surface area (Å²) in [5, 5.41) is 15.0. The second-order valence-corrected chi connectivity index (χ2v) is 18.3. The van der Waals surface area contributed by atoms with E-state index in [1.54, 1.807) is 11.1 Å². The number of carbonyl (C=O) groups is 6. The largest absolute Gasteiger partial charge is 0.370 e. The number of nitrogens with one attached hydrogen (secondary N) is 5. The smallest absolute Gasteiger partial charge is 0.248 e. The molecule has 0 radical (unpaired) electrons. The Morgan fingerprint density at radius 2 is 1.61 bits per heavy atom. The number of nitrogens with two attached hydrogens (primary N) is 3. The predicted octanol–water partition coefficient (Wildman–Crippen LogP) is 1.33. The number of carbonyl (C=O) groups excluding carboxylic acids is 6. The van der Waals surface area contributed by atoms with Crippen molar-refractivity contribution in [2.45, 2.75) is 113 Å². The SMILES string of the molecule is NC(=O)[C@@H]1Cc2csc(c2)C2=N[C@@H](CS2)C(=O)N2CCC[C@H]2C(=O)N[C@H](CC2CCCCC2)C(=O)N[C@@H](Cc2c[nH]c3ccccc23)C(=O)N[C@@H](CCCN=C(N)N)C(=O)N1. The zero-order valence-corrected chi connectivity index (χ0v) is 35.7. The lowest BCUT2D eigenvalue weighted by Gasteiger charge is -2.31. The third-order valence-electron chi connectivity index (χ3n) is 12.0. The van der Waals surface area contributed by atoms with Crippen molar-refractivity contribution in [3.05, 3.63) is 57.9 Å². The molecule has 0 unspecified atom stereocenters. The molecule has 5 heterocycles. The van der Waals surface area contributed by atoms with E-state index in [0.29, 0.717) is 43.0 Å². The van der Waals surface area contributed by atoms with Gasteiger partial charge in [0.25, 0.3) is 0 Å². The lowest BCUT2D eigenvalue weighted by molar-refractivity contribution is -0.140. The van der Waals surface area contributed by atoms with E-state index in [9.17, 15) is 28.8 Å². The van der Waals surface area contributed by atoms with Crippen molar-refractivity contribution in [1.29, 1.82) is 0 Å². The summed E-state index contributed by atoms with van der Waals surface area (Å²) in [4.78, 5) is 98.7. The molecule has 19 heteroatoms. The molecule has 0 spiro atoms. The van der Waals surface area contributed by atoms with Gasteiger partial charge in [-0.2, -0.15) is 0 Å². The number of aromatic nitrogens is 1. The highest BCUT2D eigenvalue weighted by Crippen LogP contribution is 2.31. The van der Waals surface area contributed by atoms with Gasteiger partial charge in [0.15, 0.2) is 5.96 Å². The van der Waals surface area contributed by atoms with Crippen LogP contribution < -0.4 is 38.5 Å². The van der Waals surface area contributed by atoms with Crippen LogP contribution in [0.25, 0.3) is 10.9 Å². The molecule has 1 aliphatic carbocycles. The number of benzene rings is 1. The topological polar surface area (TPSA) is 272 Å². The van der Waals surface area contributed by atoms with Crippen LogP contribution in [0.5, 0.6) is 0 Å². The minimum atomic E-state index is -1.20. The van der Waals surface area contributed by atoms with Gasteiger partial charge in [0.1, 0.15) is 41.3 Å².